The molecule has 33 heavy (non-hydrogen) atoms. The van der Waals surface area contributed by atoms with Crippen molar-refractivity contribution in [3.05, 3.63) is 87.9 Å². The van der Waals surface area contributed by atoms with Gasteiger partial charge in [-0.2, -0.15) is 5.10 Å². The molecule has 0 saturated heterocycles. The van der Waals surface area contributed by atoms with Gasteiger partial charge in [-0.3, -0.25) is 9.59 Å². The number of rotatable bonds is 6. The largest absolute Gasteiger partial charge is 0.497 e. The van der Waals surface area contributed by atoms with Crippen LogP contribution < -0.4 is 20.2 Å². The molecule has 0 unspecified atom stereocenters. The van der Waals surface area contributed by atoms with Crippen molar-refractivity contribution in [1.29, 1.82) is 0 Å². The summed E-state index contributed by atoms with van der Waals surface area (Å²) in [6.45, 7) is 0. The third-order valence-corrected chi connectivity index (χ3v) is 4.58. The van der Waals surface area contributed by atoms with Crippen LogP contribution in [0.5, 0.6) is 11.5 Å². The first-order valence-electron chi connectivity index (χ1n) is 9.41. The van der Waals surface area contributed by atoms with E-state index in [0.29, 0.717) is 26.9 Å². The Balaban J connectivity index is 1.62. The fourth-order valence-corrected chi connectivity index (χ4v) is 3.12. The SMILES string of the molecule is COc1ccc(C(=O)Oc2ccccc2/C=N/NC(=O)C(=O)Nc2cc(Cl)cc(Cl)c2)cc1. The van der Waals surface area contributed by atoms with Gasteiger partial charge < -0.3 is 14.8 Å². The van der Waals surface area contributed by atoms with Gasteiger partial charge in [0.1, 0.15) is 11.5 Å². The Bertz CT molecular complexity index is 1190. The van der Waals surface area contributed by atoms with Crippen molar-refractivity contribution < 1.29 is 23.9 Å². The van der Waals surface area contributed by atoms with E-state index >= 15 is 0 Å². The minimum atomic E-state index is -1.02. The summed E-state index contributed by atoms with van der Waals surface area (Å²) in [5, 5.41) is 6.73. The van der Waals surface area contributed by atoms with Crippen molar-refractivity contribution in [2.75, 3.05) is 12.4 Å². The molecule has 0 aliphatic carbocycles. The van der Waals surface area contributed by atoms with Crippen molar-refractivity contribution in [3.8, 4) is 11.5 Å². The summed E-state index contributed by atoms with van der Waals surface area (Å²) in [6.07, 6.45) is 1.25. The van der Waals surface area contributed by atoms with Gasteiger partial charge in [-0.05, 0) is 54.6 Å². The van der Waals surface area contributed by atoms with Crippen LogP contribution in [-0.4, -0.2) is 31.1 Å². The lowest BCUT2D eigenvalue weighted by atomic mass is 10.2. The lowest BCUT2D eigenvalue weighted by Crippen LogP contribution is -2.32. The first-order chi connectivity index (χ1) is 15.9. The minimum Gasteiger partial charge on any atom is -0.497 e. The van der Waals surface area contributed by atoms with Crippen molar-refractivity contribution in [1.82, 2.24) is 5.43 Å². The molecule has 3 aromatic rings. The van der Waals surface area contributed by atoms with Crippen molar-refractivity contribution >= 4 is 52.9 Å². The molecule has 0 spiro atoms. The number of hydrogen-bond donors (Lipinski definition) is 2. The molecule has 168 valence electrons. The highest BCUT2D eigenvalue weighted by Gasteiger charge is 2.14. The number of nitrogens with zero attached hydrogens (tertiary/aromatic N) is 1. The van der Waals surface area contributed by atoms with Gasteiger partial charge in [0.15, 0.2) is 0 Å². The number of hydrazone groups is 1. The van der Waals surface area contributed by atoms with Crippen LogP contribution in [0.4, 0.5) is 5.69 Å². The third kappa shape index (κ3) is 6.80. The Labute approximate surface area is 199 Å². The van der Waals surface area contributed by atoms with Crippen LogP contribution >= 0.6 is 23.2 Å². The predicted molar refractivity (Wildman–Crippen MR) is 125 cm³/mol. The van der Waals surface area contributed by atoms with Gasteiger partial charge in [-0.1, -0.05) is 35.3 Å². The normalized spacial score (nSPS) is 10.5. The number of ether oxygens (including phenoxy) is 2. The lowest BCUT2D eigenvalue weighted by Gasteiger charge is -2.08. The van der Waals surface area contributed by atoms with Crippen LogP contribution in [0.1, 0.15) is 15.9 Å². The second-order valence-corrected chi connectivity index (χ2v) is 7.34. The summed E-state index contributed by atoms with van der Waals surface area (Å²) >= 11 is 11.7. The zero-order valence-corrected chi connectivity index (χ0v) is 18.7. The van der Waals surface area contributed by atoms with Gasteiger partial charge in [0.25, 0.3) is 0 Å². The number of hydrogen-bond acceptors (Lipinski definition) is 6. The van der Waals surface area contributed by atoms with Gasteiger partial charge >= 0.3 is 17.8 Å². The average molecular weight is 486 g/mol. The molecular formula is C23H17Cl2N3O5. The second-order valence-electron chi connectivity index (χ2n) is 6.47. The Morgan fingerprint density at radius 1 is 0.909 bits per heavy atom. The number of carbonyl (C=O) groups is 3. The molecule has 0 aromatic heterocycles. The van der Waals surface area contributed by atoms with Crippen molar-refractivity contribution in [3.63, 3.8) is 0 Å². The number of para-hydroxylation sites is 1. The molecule has 0 atom stereocenters. The number of anilines is 1. The fraction of sp³-hybridized carbons (Fsp3) is 0.0435. The Morgan fingerprint density at radius 2 is 1.58 bits per heavy atom. The zero-order valence-electron chi connectivity index (χ0n) is 17.2. The van der Waals surface area contributed by atoms with Gasteiger partial charge in [-0.15, -0.1) is 0 Å². The zero-order chi connectivity index (χ0) is 23.8. The molecular weight excluding hydrogens is 469 g/mol. The van der Waals surface area contributed by atoms with Gasteiger partial charge in [0.05, 0.1) is 18.9 Å². The molecule has 3 aromatic carbocycles. The topological polar surface area (TPSA) is 106 Å². The number of nitrogens with one attached hydrogen (secondary N) is 2. The maximum atomic E-state index is 12.4. The number of esters is 1. The summed E-state index contributed by atoms with van der Waals surface area (Å²) in [7, 11) is 1.53. The summed E-state index contributed by atoms with van der Waals surface area (Å²) in [6, 6.07) is 17.4. The average Bonchev–Trinajstić information content (AvgIpc) is 2.79. The van der Waals surface area contributed by atoms with Gasteiger partial charge in [-0.25, -0.2) is 10.2 Å². The molecule has 8 nitrogen and oxygen atoms in total. The molecule has 0 heterocycles. The van der Waals surface area contributed by atoms with E-state index in [0.717, 1.165) is 0 Å². The summed E-state index contributed by atoms with van der Waals surface area (Å²) < 4.78 is 10.5. The number of halogens is 2. The highest BCUT2D eigenvalue weighted by atomic mass is 35.5. The molecule has 0 aliphatic rings. The highest BCUT2D eigenvalue weighted by molar-refractivity contribution is 6.40. The van der Waals surface area contributed by atoms with Crippen LogP contribution in [0.3, 0.4) is 0 Å². The Morgan fingerprint density at radius 3 is 2.24 bits per heavy atom. The number of methoxy groups -OCH3 is 1. The molecule has 10 heteroatoms. The van der Waals surface area contributed by atoms with Crippen LogP contribution in [0, 0.1) is 0 Å². The Hall–Kier alpha value is -3.88. The van der Waals surface area contributed by atoms with Crippen molar-refractivity contribution in [2.45, 2.75) is 0 Å². The van der Waals surface area contributed by atoms with Crippen molar-refractivity contribution in [2.24, 2.45) is 5.10 Å². The van der Waals surface area contributed by atoms with Gasteiger partial charge in [0, 0.05) is 21.3 Å². The molecule has 3 rings (SSSR count). The molecule has 0 bridgehead atoms. The third-order valence-electron chi connectivity index (χ3n) is 4.14. The smallest absolute Gasteiger partial charge is 0.343 e. The molecule has 0 aliphatic heterocycles. The molecule has 0 radical (unpaired) electrons. The van der Waals surface area contributed by atoms with E-state index in [2.05, 4.69) is 15.8 Å². The molecule has 2 N–H and O–H groups in total. The number of carbonyl (C=O) groups excluding carboxylic acids is 3. The monoisotopic (exact) mass is 485 g/mol. The summed E-state index contributed by atoms with van der Waals surface area (Å²) in [5.41, 5.74) is 3.09. The number of benzene rings is 3. The first-order valence-corrected chi connectivity index (χ1v) is 10.2. The molecule has 2 amide bonds. The first kappa shape index (κ1) is 23.8. The molecule has 0 saturated carbocycles. The van der Waals surface area contributed by atoms with E-state index in [1.54, 1.807) is 48.5 Å². The Kier molecular flexibility index (Phi) is 8.01. The second kappa shape index (κ2) is 11.1. The summed E-state index contributed by atoms with van der Waals surface area (Å²) in [5.74, 6) is -1.74. The van der Waals surface area contributed by atoms with Crippen LogP contribution in [0.25, 0.3) is 0 Å². The van der Waals surface area contributed by atoms with E-state index in [-0.39, 0.29) is 11.4 Å². The van der Waals surface area contributed by atoms with Crippen LogP contribution in [0.2, 0.25) is 10.0 Å². The van der Waals surface area contributed by atoms with E-state index in [1.165, 1.54) is 31.5 Å². The van der Waals surface area contributed by atoms with E-state index in [1.807, 2.05) is 0 Å². The standard InChI is InChI=1S/C23H17Cl2N3O5/c1-32-19-8-6-14(7-9-19)23(31)33-20-5-3-2-4-15(20)13-26-28-22(30)21(29)27-18-11-16(24)10-17(25)12-18/h2-13H,1H3,(H,27,29)(H,28,30)/b26-13+. The van der Waals surface area contributed by atoms with E-state index in [9.17, 15) is 14.4 Å². The fourth-order valence-electron chi connectivity index (χ4n) is 2.59. The summed E-state index contributed by atoms with van der Waals surface area (Å²) in [4.78, 5) is 36.4. The van der Waals surface area contributed by atoms with E-state index in [4.69, 9.17) is 32.7 Å². The lowest BCUT2D eigenvalue weighted by molar-refractivity contribution is -0.136. The highest BCUT2D eigenvalue weighted by Crippen LogP contribution is 2.22. The quantitative estimate of drug-likeness (QED) is 0.178. The van der Waals surface area contributed by atoms with Gasteiger partial charge in [0.2, 0.25) is 0 Å². The van der Waals surface area contributed by atoms with Crippen LogP contribution in [0.15, 0.2) is 71.8 Å². The number of amides is 2. The van der Waals surface area contributed by atoms with E-state index < -0.39 is 17.8 Å². The van der Waals surface area contributed by atoms with Crippen LogP contribution in [-0.2, 0) is 9.59 Å². The maximum Gasteiger partial charge on any atom is 0.343 e. The maximum absolute atomic E-state index is 12.4. The molecule has 0 fully saturated rings. The predicted octanol–water partition coefficient (Wildman–Crippen LogP) is 4.31. The minimum absolute atomic E-state index is 0.217.